The Balaban J connectivity index is 1.56. The van der Waals surface area contributed by atoms with E-state index in [4.69, 9.17) is 0 Å². The van der Waals surface area contributed by atoms with Gasteiger partial charge in [0.2, 0.25) is 0 Å². The maximum atomic E-state index is 2.53. The van der Waals surface area contributed by atoms with Crippen molar-refractivity contribution in [2.75, 3.05) is 0 Å². The second kappa shape index (κ2) is 12.5. The summed E-state index contributed by atoms with van der Waals surface area (Å²) in [5, 5.41) is 2.82. The Morgan fingerprint density at radius 3 is 2.55 bits per heavy atom. The van der Waals surface area contributed by atoms with Gasteiger partial charge < -0.3 is 0 Å². The normalized spacial score (nSPS) is 21.3. The zero-order valence-electron chi connectivity index (χ0n) is 24.7. The maximum Gasteiger partial charge on any atom is 0.0279 e. The third-order valence-corrected chi connectivity index (χ3v) is 10.3. The first-order valence-electron chi connectivity index (χ1n) is 14.8. The Hall–Kier alpha value is -3.29. The van der Waals surface area contributed by atoms with Crippen LogP contribution in [-0.4, -0.2) is 4.75 Å². The molecule has 5 rings (SSSR count). The summed E-state index contributed by atoms with van der Waals surface area (Å²) in [6, 6.07) is 18.1. The minimum absolute atomic E-state index is 0.162. The topological polar surface area (TPSA) is 0 Å². The van der Waals surface area contributed by atoms with Crippen LogP contribution in [-0.2, 0) is 12.8 Å². The Labute approximate surface area is 246 Å². The maximum absolute atomic E-state index is 2.53. The molecule has 0 fully saturated rings. The Morgan fingerprint density at radius 2 is 1.77 bits per heavy atom. The van der Waals surface area contributed by atoms with E-state index < -0.39 is 0 Å². The van der Waals surface area contributed by atoms with Crippen molar-refractivity contribution in [2.45, 2.75) is 75.9 Å². The predicted molar refractivity (Wildman–Crippen MR) is 179 cm³/mol. The lowest BCUT2D eigenvalue weighted by Gasteiger charge is -2.28. The fraction of sp³-hybridized carbons (Fsp3) is 0.282. The zero-order valence-corrected chi connectivity index (χ0v) is 25.5. The van der Waals surface area contributed by atoms with Crippen LogP contribution in [0.15, 0.2) is 114 Å². The molecule has 2 aliphatic rings. The average Bonchev–Trinajstić information content (AvgIpc) is 3.24. The van der Waals surface area contributed by atoms with Crippen molar-refractivity contribution in [1.82, 2.24) is 0 Å². The lowest BCUT2D eigenvalue weighted by Crippen LogP contribution is -2.22. The summed E-state index contributed by atoms with van der Waals surface area (Å²) in [5.74, 6) is 0.526. The summed E-state index contributed by atoms with van der Waals surface area (Å²) in [4.78, 5) is 1.45. The number of fused-ring (bicyclic) bond motifs is 4. The minimum Gasteiger partial charge on any atom is -0.118 e. The first-order chi connectivity index (χ1) is 19.5. The predicted octanol–water partition coefficient (Wildman–Crippen LogP) is 11.4. The lowest BCUT2D eigenvalue weighted by molar-refractivity contribution is 0.557. The average molecular weight is 543 g/mol. The second-order valence-electron chi connectivity index (χ2n) is 11.3. The number of aryl methyl sites for hydroxylation is 1. The molecule has 1 heteroatoms. The van der Waals surface area contributed by atoms with Crippen molar-refractivity contribution >= 4 is 34.2 Å². The van der Waals surface area contributed by atoms with E-state index in [1.54, 1.807) is 0 Å². The Bertz CT molecular complexity index is 1570. The number of rotatable bonds is 8. The van der Waals surface area contributed by atoms with Crippen molar-refractivity contribution in [1.29, 1.82) is 0 Å². The van der Waals surface area contributed by atoms with Gasteiger partial charge in [-0.1, -0.05) is 110 Å². The summed E-state index contributed by atoms with van der Waals surface area (Å²) in [6.45, 7) is 11.4. The van der Waals surface area contributed by atoms with E-state index in [0.717, 1.165) is 25.7 Å². The Morgan fingerprint density at radius 1 is 1.00 bits per heavy atom. The third kappa shape index (κ3) is 5.63. The van der Waals surface area contributed by atoms with Crippen LogP contribution in [0.25, 0.3) is 22.4 Å². The van der Waals surface area contributed by atoms with Crippen molar-refractivity contribution < 1.29 is 0 Å². The number of allylic oxidation sites excluding steroid dienone is 11. The summed E-state index contributed by atoms with van der Waals surface area (Å²) in [6.07, 6.45) is 26.7. The molecule has 2 atom stereocenters. The van der Waals surface area contributed by atoms with Crippen LogP contribution in [0.2, 0.25) is 0 Å². The summed E-state index contributed by atoms with van der Waals surface area (Å²) in [7, 11) is 0. The number of hydrogen-bond donors (Lipinski definition) is 0. The van der Waals surface area contributed by atoms with Gasteiger partial charge in [0.25, 0.3) is 0 Å². The molecular formula is C39H42S. The molecule has 0 aromatic heterocycles. The minimum atomic E-state index is 0.162. The van der Waals surface area contributed by atoms with Gasteiger partial charge in [-0.15, -0.1) is 11.8 Å². The molecule has 40 heavy (non-hydrogen) atoms. The molecule has 3 aromatic carbocycles. The van der Waals surface area contributed by atoms with Crippen molar-refractivity contribution in [2.24, 2.45) is 0 Å². The largest absolute Gasteiger partial charge is 0.118 e. The van der Waals surface area contributed by atoms with Gasteiger partial charge in [0.1, 0.15) is 0 Å². The van der Waals surface area contributed by atoms with Gasteiger partial charge in [-0.3, -0.25) is 0 Å². The van der Waals surface area contributed by atoms with Crippen molar-refractivity contribution in [3.05, 3.63) is 137 Å². The molecule has 3 aromatic rings. The van der Waals surface area contributed by atoms with E-state index in [9.17, 15) is 0 Å². The fourth-order valence-electron chi connectivity index (χ4n) is 6.27. The van der Waals surface area contributed by atoms with E-state index >= 15 is 0 Å². The van der Waals surface area contributed by atoms with E-state index in [1.165, 1.54) is 54.6 Å². The lowest BCUT2D eigenvalue weighted by atomic mass is 9.80. The molecule has 0 saturated carbocycles. The molecule has 0 bridgehead atoms. The molecule has 0 amide bonds. The fourth-order valence-corrected chi connectivity index (χ4v) is 7.75. The number of hydrogen-bond acceptors (Lipinski definition) is 1. The molecule has 0 nitrogen and oxygen atoms in total. The van der Waals surface area contributed by atoms with Crippen LogP contribution in [0.1, 0.15) is 81.2 Å². The van der Waals surface area contributed by atoms with Crippen LogP contribution in [0.3, 0.4) is 0 Å². The van der Waals surface area contributed by atoms with Crippen LogP contribution >= 0.6 is 11.8 Å². The van der Waals surface area contributed by atoms with Crippen molar-refractivity contribution in [3.63, 3.8) is 0 Å². The van der Waals surface area contributed by atoms with E-state index in [1.807, 2.05) is 0 Å². The van der Waals surface area contributed by atoms with Gasteiger partial charge in [-0.05, 0) is 115 Å². The van der Waals surface area contributed by atoms with Crippen molar-refractivity contribution in [3.8, 4) is 0 Å². The SMILES string of the molecule is C\C=C/C=C\C(\C=C/Cc1c2c(c3ccccc3c1/C(C)=C/CC1(C)Sc3ccccc3C1C)CCC=C2)=C\C. The van der Waals surface area contributed by atoms with Gasteiger partial charge in [-0.2, -0.15) is 0 Å². The highest BCUT2D eigenvalue weighted by Gasteiger charge is 2.39. The molecule has 0 radical (unpaired) electrons. The molecule has 0 spiro atoms. The number of benzene rings is 3. The van der Waals surface area contributed by atoms with Gasteiger partial charge in [0, 0.05) is 9.64 Å². The van der Waals surface area contributed by atoms with Gasteiger partial charge in [0.15, 0.2) is 0 Å². The van der Waals surface area contributed by atoms with E-state index in [-0.39, 0.29) is 4.75 Å². The van der Waals surface area contributed by atoms with Crippen LogP contribution in [0, 0.1) is 0 Å². The van der Waals surface area contributed by atoms with Crippen LogP contribution in [0.5, 0.6) is 0 Å². The smallest absolute Gasteiger partial charge is 0.0279 e. The highest BCUT2D eigenvalue weighted by molar-refractivity contribution is 8.01. The quantitative estimate of drug-likeness (QED) is 0.255. The monoisotopic (exact) mass is 542 g/mol. The summed E-state index contributed by atoms with van der Waals surface area (Å²) in [5.41, 5.74) is 9.96. The zero-order chi connectivity index (χ0) is 28.1. The molecule has 0 N–H and O–H groups in total. The molecule has 1 aliphatic heterocycles. The molecule has 1 aliphatic carbocycles. The first-order valence-corrected chi connectivity index (χ1v) is 15.6. The molecule has 0 saturated heterocycles. The molecule has 2 unspecified atom stereocenters. The first kappa shape index (κ1) is 28.2. The summed E-state index contributed by atoms with van der Waals surface area (Å²) >= 11 is 2.06. The molecular weight excluding hydrogens is 500 g/mol. The van der Waals surface area contributed by atoms with Gasteiger partial charge in [-0.25, -0.2) is 0 Å². The van der Waals surface area contributed by atoms with E-state index in [0.29, 0.717) is 5.92 Å². The third-order valence-electron chi connectivity index (χ3n) is 8.73. The van der Waals surface area contributed by atoms with E-state index in [2.05, 4.69) is 156 Å². The highest BCUT2D eigenvalue weighted by Crippen LogP contribution is 2.55. The van der Waals surface area contributed by atoms with Crippen LogP contribution < -0.4 is 0 Å². The standard InChI is InChI=1S/C39H42S/c1-6-8-9-17-30(7-2)18-16-24-36-34-21-11-10-20-32(34)33-22-12-13-23-35(33)38(36)28(3)26-27-39(5)29(4)31-19-14-15-25-37(31)40-39/h6-9,11-19,21-23,25-26,29H,10,20,24,27H2,1-5H3/b8-6-,17-9-,18-16-,28-26+,30-7-. The second-order valence-corrected chi connectivity index (χ2v) is 12.9. The molecule has 204 valence electrons. The molecule has 1 heterocycles. The highest BCUT2D eigenvalue weighted by atomic mass is 32.2. The summed E-state index contributed by atoms with van der Waals surface area (Å²) < 4.78 is 0.162. The Kier molecular flexibility index (Phi) is 8.81. The van der Waals surface area contributed by atoms with Crippen LogP contribution in [0.4, 0.5) is 0 Å². The van der Waals surface area contributed by atoms with Gasteiger partial charge in [0.05, 0.1) is 0 Å². The number of thioether (sulfide) groups is 1. The van der Waals surface area contributed by atoms with Gasteiger partial charge >= 0.3 is 0 Å².